The van der Waals surface area contributed by atoms with Crippen molar-refractivity contribution in [2.75, 3.05) is 41.3 Å². The van der Waals surface area contributed by atoms with Crippen LogP contribution in [0.4, 0.5) is 4.79 Å². The van der Waals surface area contributed by atoms with Crippen molar-refractivity contribution in [2.45, 2.75) is 18.9 Å². The molecule has 1 aliphatic heterocycles. The number of urea groups is 1. The number of piperidine rings is 1. The fourth-order valence-electron chi connectivity index (χ4n) is 2.12. The van der Waals surface area contributed by atoms with E-state index in [1.54, 1.807) is 19.1 Å². The number of nitrogens with two attached hydrogens (primary N) is 1. The second-order valence-electron chi connectivity index (χ2n) is 5.83. The molecule has 0 saturated carbocycles. The van der Waals surface area contributed by atoms with Gasteiger partial charge in [0.15, 0.2) is 0 Å². The van der Waals surface area contributed by atoms with Gasteiger partial charge in [0, 0.05) is 45.6 Å². The lowest BCUT2D eigenvalue weighted by atomic mass is 10.1. The van der Waals surface area contributed by atoms with Crippen LogP contribution in [-0.2, 0) is 0 Å². The van der Waals surface area contributed by atoms with Gasteiger partial charge in [-0.05, 0) is 26.9 Å². The van der Waals surface area contributed by atoms with Gasteiger partial charge in [0.2, 0.25) is 0 Å². The Morgan fingerprint density at radius 2 is 1.96 bits per heavy atom. The van der Waals surface area contributed by atoms with Crippen LogP contribution in [-0.4, -0.2) is 85.5 Å². The normalized spacial score (nSPS) is 15.2. The van der Waals surface area contributed by atoms with Crippen LogP contribution in [0.3, 0.4) is 0 Å². The van der Waals surface area contributed by atoms with E-state index in [2.05, 4.69) is 31.8 Å². The van der Waals surface area contributed by atoms with E-state index < -0.39 is 0 Å². The molecular weight excluding hydrogens is 386 g/mol. The first kappa shape index (κ1) is 27.7. The number of nitrogens with zero attached hydrogens (tertiary/aromatic N) is 4. The molecule has 0 aliphatic carbocycles. The second-order valence-corrected chi connectivity index (χ2v) is 5.83. The van der Waals surface area contributed by atoms with E-state index in [1.807, 2.05) is 14.1 Å². The van der Waals surface area contributed by atoms with Crippen LogP contribution in [0, 0.1) is 5.41 Å². The number of hydrogen-bond donors (Lipinski definition) is 5. The highest BCUT2D eigenvalue weighted by Gasteiger charge is 2.23. The van der Waals surface area contributed by atoms with Gasteiger partial charge in [-0.25, -0.2) is 14.8 Å². The molecule has 2 heterocycles. The number of halogens is 1. The van der Waals surface area contributed by atoms with E-state index in [0.29, 0.717) is 6.54 Å². The van der Waals surface area contributed by atoms with Crippen molar-refractivity contribution in [1.82, 2.24) is 35.9 Å². The number of carbonyl (C=O) groups excluding carboxylic acids is 2. The molecule has 1 saturated heterocycles. The monoisotopic (exact) mass is 417 g/mol. The Bertz CT molecular complexity index is 560. The topological polar surface area (TPSA) is 152 Å². The van der Waals surface area contributed by atoms with Gasteiger partial charge in [0.25, 0.3) is 5.91 Å². The molecule has 1 aromatic rings. The first-order valence-electron chi connectivity index (χ1n) is 8.48. The smallest absolute Gasteiger partial charge is 0.317 e. The molecule has 1 fully saturated rings. The average molecular weight is 418 g/mol. The molecule has 1 unspecified atom stereocenters. The molecule has 160 valence electrons. The summed E-state index contributed by atoms with van der Waals surface area (Å²) < 4.78 is 0. The van der Waals surface area contributed by atoms with Crippen LogP contribution in [0.1, 0.15) is 23.3 Å². The molecule has 0 spiro atoms. The van der Waals surface area contributed by atoms with Crippen LogP contribution < -0.4 is 21.8 Å². The Balaban J connectivity index is 0. The minimum absolute atomic E-state index is 0. The summed E-state index contributed by atoms with van der Waals surface area (Å²) in [4.78, 5) is 33.0. The van der Waals surface area contributed by atoms with Crippen LogP contribution in [0.25, 0.3) is 0 Å². The molecule has 2 rings (SSSR count). The maximum Gasteiger partial charge on any atom is 0.317 e. The van der Waals surface area contributed by atoms with Gasteiger partial charge in [-0.2, -0.15) is 0 Å². The van der Waals surface area contributed by atoms with E-state index in [1.165, 1.54) is 23.5 Å². The summed E-state index contributed by atoms with van der Waals surface area (Å²) in [7, 11) is 7.15. The molecule has 1 aromatic heterocycles. The van der Waals surface area contributed by atoms with Gasteiger partial charge in [-0.1, -0.05) is 0 Å². The molecule has 0 bridgehead atoms. The quantitative estimate of drug-likeness (QED) is 0.333. The number of amides is 3. The average Bonchev–Trinajstić information content (AvgIpc) is 2.64. The summed E-state index contributed by atoms with van der Waals surface area (Å²) in [6.45, 7) is 1.33. The highest BCUT2D eigenvalue weighted by Crippen LogP contribution is 2.08. The highest BCUT2D eigenvalue weighted by molar-refractivity contribution is 5.91. The zero-order chi connectivity index (χ0) is 20.7. The van der Waals surface area contributed by atoms with Crippen LogP contribution in [0.15, 0.2) is 18.6 Å². The molecule has 28 heavy (non-hydrogen) atoms. The van der Waals surface area contributed by atoms with Crippen LogP contribution in [0.2, 0.25) is 0 Å². The predicted octanol–water partition coefficient (Wildman–Crippen LogP) is -0.333. The van der Waals surface area contributed by atoms with Crippen molar-refractivity contribution in [3.05, 3.63) is 24.3 Å². The third kappa shape index (κ3) is 12.0. The lowest BCUT2D eigenvalue weighted by Crippen LogP contribution is -2.55. The van der Waals surface area contributed by atoms with Gasteiger partial charge in [-0.15, -0.1) is 12.4 Å². The lowest BCUT2D eigenvalue weighted by Gasteiger charge is -2.33. The molecule has 12 heteroatoms. The van der Waals surface area contributed by atoms with Gasteiger partial charge >= 0.3 is 6.03 Å². The third-order valence-corrected chi connectivity index (χ3v) is 3.21. The number of aromatic nitrogens is 2. The van der Waals surface area contributed by atoms with Gasteiger partial charge in [0.1, 0.15) is 5.69 Å². The van der Waals surface area contributed by atoms with Crippen LogP contribution >= 0.6 is 12.4 Å². The van der Waals surface area contributed by atoms with E-state index in [9.17, 15) is 9.59 Å². The number of nitrogens with one attached hydrogen (secondary N) is 4. The predicted molar refractivity (Wildman–Crippen MR) is 112 cm³/mol. The minimum atomic E-state index is -0.289. The Morgan fingerprint density at radius 3 is 2.46 bits per heavy atom. The summed E-state index contributed by atoms with van der Waals surface area (Å²) in [6, 6.07) is -0.0992. The number of carbonyl (C=O) groups is 2. The Kier molecular flexibility index (Phi) is 16.5. The largest absolute Gasteiger partial charge is 0.390 e. The Labute approximate surface area is 172 Å². The molecule has 6 N–H and O–H groups in total. The number of rotatable bonds is 3. The molecule has 1 aliphatic rings. The van der Waals surface area contributed by atoms with Crippen molar-refractivity contribution in [3.63, 3.8) is 0 Å². The fourth-order valence-corrected chi connectivity index (χ4v) is 2.12. The summed E-state index contributed by atoms with van der Waals surface area (Å²) in [6.07, 6.45) is 6.97. The summed E-state index contributed by atoms with van der Waals surface area (Å²) >= 11 is 0. The SMILES string of the molecule is CN(C)C(=O)NC1CCCN(NC(=O)c2cnccn2)C1.CNC.Cl.N=CN. The summed E-state index contributed by atoms with van der Waals surface area (Å²) in [5, 5.41) is 13.3. The van der Waals surface area contributed by atoms with E-state index in [0.717, 1.165) is 25.7 Å². The van der Waals surface area contributed by atoms with Crippen molar-refractivity contribution in [3.8, 4) is 0 Å². The highest BCUT2D eigenvalue weighted by atomic mass is 35.5. The fraction of sp³-hybridized carbons (Fsp3) is 0.562. The molecule has 0 aromatic carbocycles. The maximum atomic E-state index is 12.0. The summed E-state index contributed by atoms with van der Waals surface area (Å²) in [5.41, 5.74) is 7.46. The second kappa shape index (κ2) is 16.7. The zero-order valence-corrected chi connectivity index (χ0v) is 17.6. The maximum absolute atomic E-state index is 12.0. The zero-order valence-electron chi connectivity index (χ0n) is 16.8. The molecule has 3 amide bonds. The van der Waals surface area contributed by atoms with Crippen molar-refractivity contribution in [2.24, 2.45) is 5.73 Å². The van der Waals surface area contributed by atoms with E-state index in [-0.39, 0.29) is 36.1 Å². The first-order chi connectivity index (χ1) is 12.9. The van der Waals surface area contributed by atoms with Crippen molar-refractivity contribution < 1.29 is 9.59 Å². The molecular formula is C16H32ClN9O2. The Morgan fingerprint density at radius 1 is 1.36 bits per heavy atom. The molecule has 11 nitrogen and oxygen atoms in total. The van der Waals surface area contributed by atoms with Gasteiger partial charge < -0.3 is 21.3 Å². The molecule has 0 radical (unpaired) electrons. The van der Waals surface area contributed by atoms with Gasteiger partial charge in [-0.3, -0.25) is 20.6 Å². The van der Waals surface area contributed by atoms with Crippen LogP contribution in [0.5, 0.6) is 0 Å². The lowest BCUT2D eigenvalue weighted by molar-refractivity contribution is 0.0709. The van der Waals surface area contributed by atoms with Crippen molar-refractivity contribution >= 4 is 30.7 Å². The Hall–Kier alpha value is -2.50. The third-order valence-electron chi connectivity index (χ3n) is 3.21. The standard InChI is InChI=1S/C13H20N6O2.C2H7N.CH4N2.ClH/c1-18(2)13(21)16-10-4-3-7-19(9-10)17-12(20)11-8-14-5-6-15-11;1-3-2;2-1-3;/h5-6,8,10H,3-4,7,9H2,1-2H3,(H,16,21)(H,17,20);3H,1-2H3;1H,(H3,2,3);1H. The van der Waals surface area contributed by atoms with Gasteiger partial charge in [0.05, 0.1) is 12.5 Å². The number of hydrazine groups is 1. The van der Waals surface area contributed by atoms with E-state index in [4.69, 9.17) is 5.41 Å². The number of hydrogen-bond acceptors (Lipinski definition) is 7. The van der Waals surface area contributed by atoms with Crippen molar-refractivity contribution in [1.29, 1.82) is 5.41 Å². The molecule has 1 atom stereocenters. The minimum Gasteiger partial charge on any atom is -0.390 e. The summed E-state index contributed by atoms with van der Waals surface area (Å²) in [5.74, 6) is -0.289. The van der Waals surface area contributed by atoms with E-state index >= 15 is 0 Å². The first-order valence-corrected chi connectivity index (χ1v) is 8.48.